The minimum Gasteiger partial charge on any atom is -0.462 e. The van der Waals surface area contributed by atoms with Crippen molar-refractivity contribution in [3.8, 4) is 0 Å². The normalized spacial score (nSPS) is 18.5. The van der Waals surface area contributed by atoms with Crippen molar-refractivity contribution < 1.29 is 14.3 Å². The lowest BCUT2D eigenvalue weighted by Gasteiger charge is -2.38. The van der Waals surface area contributed by atoms with Gasteiger partial charge in [0.1, 0.15) is 0 Å². The zero-order valence-corrected chi connectivity index (χ0v) is 13.5. The molecule has 1 aromatic rings. The zero-order valence-electron chi connectivity index (χ0n) is 13.5. The SMILES string of the molecule is CCOC(=O)c1ccc(NN2C(=O)CCCC2C(C)C)cc1. The highest BCUT2D eigenvalue weighted by Gasteiger charge is 2.30. The molecule has 120 valence electrons. The Balaban J connectivity index is 2.08. The number of hydrogen-bond acceptors (Lipinski definition) is 4. The van der Waals surface area contributed by atoms with Crippen LogP contribution in [0.4, 0.5) is 5.69 Å². The van der Waals surface area contributed by atoms with Crippen LogP contribution in [0.1, 0.15) is 50.4 Å². The molecule has 0 spiro atoms. The highest BCUT2D eigenvalue weighted by Crippen LogP contribution is 2.25. The molecule has 5 heteroatoms. The van der Waals surface area contributed by atoms with Crippen LogP contribution in [-0.2, 0) is 9.53 Å². The molecule has 0 saturated carbocycles. The molecule has 5 nitrogen and oxygen atoms in total. The van der Waals surface area contributed by atoms with E-state index in [2.05, 4.69) is 19.3 Å². The maximum atomic E-state index is 12.2. The van der Waals surface area contributed by atoms with Crippen LogP contribution in [0.15, 0.2) is 24.3 Å². The topological polar surface area (TPSA) is 58.6 Å². The van der Waals surface area contributed by atoms with Crippen LogP contribution >= 0.6 is 0 Å². The Morgan fingerprint density at radius 2 is 2.05 bits per heavy atom. The molecule has 1 N–H and O–H groups in total. The molecule has 22 heavy (non-hydrogen) atoms. The summed E-state index contributed by atoms with van der Waals surface area (Å²) in [6.45, 7) is 6.39. The zero-order chi connectivity index (χ0) is 16.1. The third-order valence-corrected chi connectivity index (χ3v) is 3.91. The summed E-state index contributed by atoms with van der Waals surface area (Å²) in [5.41, 5.74) is 4.50. The predicted molar refractivity (Wildman–Crippen MR) is 85.3 cm³/mol. The molecule has 0 aliphatic carbocycles. The highest BCUT2D eigenvalue weighted by molar-refractivity contribution is 5.89. The first-order chi connectivity index (χ1) is 10.5. The fourth-order valence-corrected chi connectivity index (χ4v) is 2.71. The average Bonchev–Trinajstić information content (AvgIpc) is 2.50. The van der Waals surface area contributed by atoms with Crippen molar-refractivity contribution in [3.63, 3.8) is 0 Å². The van der Waals surface area contributed by atoms with Crippen LogP contribution in [0.2, 0.25) is 0 Å². The van der Waals surface area contributed by atoms with Crippen molar-refractivity contribution in [2.24, 2.45) is 5.92 Å². The Morgan fingerprint density at radius 3 is 2.64 bits per heavy atom. The summed E-state index contributed by atoms with van der Waals surface area (Å²) < 4.78 is 4.96. The minimum absolute atomic E-state index is 0.124. The van der Waals surface area contributed by atoms with Crippen molar-refractivity contribution in [3.05, 3.63) is 29.8 Å². The van der Waals surface area contributed by atoms with Gasteiger partial charge in [-0.3, -0.25) is 15.2 Å². The van der Waals surface area contributed by atoms with Crippen LogP contribution in [-0.4, -0.2) is 29.5 Å². The number of piperidine rings is 1. The molecule has 1 aromatic carbocycles. The van der Waals surface area contributed by atoms with Crippen LogP contribution in [0.3, 0.4) is 0 Å². The summed E-state index contributed by atoms with van der Waals surface area (Å²) in [6, 6.07) is 7.21. The number of nitrogens with zero attached hydrogens (tertiary/aromatic N) is 1. The molecule has 1 fully saturated rings. The second-order valence-electron chi connectivity index (χ2n) is 5.88. The first-order valence-corrected chi connectivity index (χ1v) is 7.88. The Kier molecular flexibility index (Phi) is 5.41. The molecule has 1 amide bonds. The van der Waals surface area contributed by atoms with Gasteiger partial charge in [-0.05, 0) is 49.9 Å². The second-order valence-corrected chi connectivity index (χ2v) is 5.88. The first-order valence-electron chi connectivity index (χ1n) is 7.88. The van der Waals surface area contributed by atoms with Crippen molar-refractivity contribution in [2.75, 3.05) is 12.0 Å². The van der Waals surface area contributed by atoms with E-state index in [4.69, 9.17) is 4.74 Å². The standard InChI is InChI=1S/C17H24N2O3/c1-4-22-17(21)13-8-10-14(11-9-13)18-19-15(12(2)3)6-5-7-16(19)20/h8-12,15,18H,4-7H2,1-3H3. The Morgan fingerprint density at radius 1 is 1.36 bits per heavy atom. The van der Waals surface area contributed by atoms with Crippen molar-refractivity contribution >= 4 is 17.6 Å². The molecular formula is C17H24N2O3. The molecule has 1 heterocycles. The summed E-state index contributed by atoms with van der Waals surface area (Å²) in [6.07, 6.45) is 2.54. The van der Waals surface area contributed by atoms with Crippen LogP contribution < -0.4 is 5.43 Å². The Hall–Kier alpha value is -2.04. The summed E-state index contributed by atoms with van der Waals surface area (Å²) in [7, 11) is 0. The number of hydrazine groups is 1. The van der Waals surface area contributed by atoms with Gasteiger partial charge in [0.2, 0.25) is 5.91 Å². The van der Waals surface area contributed by atoms with E-state index in [0.29, 0.717) is 24.5 Å². The molecule has 2 rings (SSSR count). The van der Waals surface area contributed by atoms with Gasteiger partial charge in [-0.15, -0.1) is 0 Å². The maximum absolute atomic E-state index is 12.2. The quantitative estimate of drug-likeness (QED) is 0.849. The van der Waals surface area contributed by atoms with E-state index >= 15 is 0 Å². The third kappa shape index (κ3) is 3.78. The van der Waals surface area contributed by atoms with Gasteiger partial charge in [-0.2, -0.15) is 0 Å². The number of amides is 1. The molecule has 0 bridgehead atoms. The van der Waals surface area contributed by atoms with Crippen LogP contribution in [0.5, 0.6) is 0 Å². The number of anilines is 1. The molecule has 1 saturated heterocycles. The summed E-state index contributed by atoms with van der Waals surface area (Å²) in [4.78, 5) is 23.8. The number of rotatable bonds is 5. The maximum Gasteiger partial charge on any atom is 0.338 e. The molecular weight excluding hydrogens is 280 g/mol. The molecule has 0 radical (unpaired) electrons. The van der Waals surface area contributed by atoms with Gasteiger partial charge in [-0.25, -0.2) is 4.79 Å². The van der Waals surface area contributed by atoms with Gasteiger partial charge in [0, 0.05) is 6.42 Å². The average molecular weight is 304 g/mol. The van der Waals surface area contributed by atoms with Crippen molar-refractivity contribution in [2.45, 2.75) is 46.1 Å². The monoisotopic (exact) mass is 304 g/mol. The number of hydrogen-bond donors (Lipinski definition) is 1. The third-order valence-electron chi connectivity index (χ3n) is 3.91. The second kappa shape index (κ2) is 7.29. The lowest BCUT2D eigenvalue weighted by Crippen LogP contribution is -2.49. The summed E-state index contributed by atoms with van der Waals surface area (Å²) >= 11 is 0. The van der Waals surface area contributed by atoms with Crippen LogP contribution in [0.25, 0.3) is 0 Å². The molecule has 1 unspecified atom stereocenters. The lowest BCUT2D eigenvalue weighted by molar-refractivity contribution is -0.135. The summed E-state index contributed by atoms with van der Waals surface area (Å²) in [5, 5.41) is 1.74. The van der Waals surface area contributed by atoms with Crippen molar-refractivity contribution in [1.29, 1.82) is 0 Å². The van der Waals surface area contributed by atoms with Crippen LogP contribution in [0, 0.1) is 5.92 Å². The Labute approximate surface area is 131 Å². The molecule has 1 atom stereocenters. The predicted octanol–water partition coefficient (Wildman–Crippen LogP) is 3.23. The van der Waals surface area contributed by atoms with Crippen molar-refractivity contribution in [1.82, 2.24) is 5.01 Å². The number of benzene rings is 1. The summed E-state index contributed by atoms with van der Waals surface area (Å²) in [5.74, 6) is 0.193. The van der Waals surface area contributed by atoms with E-state index in [1.54, 1.807) is 36.2 Å². The molecule has 1 aliphatic heterocycles. The smallest absolute Gasteiger partial charge is 0.338 e. The Bertz CT molecular complexity index is 525. The van der Waals surface area contributed by atoms with E-state index in [-0.39, 0.29) is 17.9 Å². The molecule has 1 aliphatic rings. The van der Waals surface area contributed by atoms with Gasteiger partial charge in [0.15, 0.2) is 0 Å². The van der Waals surface area contributed by atoms with Gasteiger partial charge in [-0.1, -0.05) is 13.8 Å². The number of carbonyl (C=O) groups is 2. The largest absolute Gasteiger partial charge is 0.462 e. The van der Waals surface area contributed by atoms with E-state index in [0.717, 1.165) is 18.5 Å². The van der Waals surface area contributed by atoms with E-state index < -0.39 is 0 Å². The number of ether oxygens (including phenoxy) is 1. The fourth-order valence-electron chi connectivity index (χ4n) is 2.71. The first kappa shape index (κ1) is 16.3. The van der Waals surface area contributed by atoms with E-state index in [9.17, 15) is 9.59 Å². The van der Waals surface area contributed by atoms with Gasteiger partial charge < -0.3 is 4.74 Å². The van der Waals surface area contributed by atoms with E-state index in [1.807, 2.05) is 0 Å². The number of esters is 1. The van der Waals surface area contributed by atoms with Gasteiger partial charge in [0.05, 0.1) is 23.9 Å². The van der Waals surface area contributed by atoms with E-state index in [1.165, 1.54) is 0 Å². The van der Waals surface area contributed by atoms with Gasteiger partial charge in [0.25, 0.3) is 0 Å². The lowest BCUT2D eigenvalue weighted by atomic mass is 9.94. The fraction of sp³-hybridized carbons (Fsp3) is 0.529. The van der Waals surface area contributed by atoms with Gasteiger partial charge >= 0.3 is 5.97 Å². The number of carbonyl (C=O) groups excluding carboxylic acids is 2. The number of nitrogens with one attached hydrogen (secondary N) is 1. The molecule has 0 aromatic heterocycles. The minimum atomic E-state index is -0.330. The highest BCUT2D eigenvalue weighted by atomic mass is 16.5.